The SMILES string of the molecule is CCCNC(=O)NC(=O)COC(=O)c1ccc(CSc2nc3ccccc3s2)cc1. The van der Waals surface area contributed by atoms with Crippen molar-refractivity contribution in [1.82, 2.24) is 15.6 Å². The van der Waals surface area contributed by atoms with Gasteiger partial charge < -0.3 is 10.1 Å². The number of urea groups is 1. The number of carbonyl (C=O) groups excluding carboxylic acids is 3. The fourth-order valence-corrected chi connectivity index (χ4v) is 4.48. The highest BCUT2D eigenvalue weighted by atomic mass is 32.2. The Morgan fingerprint density at radius 3 is 2.60 bits per heavy atom. The van der Waals surface area contributed by atoms with Gasteiger partial charge in [-0.3, -0.25) is 10.1 Å². The number of aromatic nitrogens is 1. The van der Waals surface area contributed by atoms with Gasteiger partial charge in [-0.15, -0.1) is 11.3 Å². The van der Waals surface area contributed by atoms with Crippen molar-refractivity contribution in [3.05, 3.63) is 59.7 Å². The number of rotatable bonds is 8. The van der Waals surface area contributed by atoms with E-state index in [-0.39, 0.29) is 0 Å². The van der Waals surface area contributed by atoms with Crippen molar-refractivity contribution in [2.75, 3.05) is 13.2 Å². The lowest BCUT2D eigenvalue weighted by Crippen LogP contribution is -2.41. The van der Waals surface area contributed by atoms with Crippen LogP contribution in [0.5, 0.6) is 0 Å². The second-order valence-electron chi connectivity index (χ2n) is 6.31. The van der Waals surface area contributed by atoms with Gasteiger partial charge in [-0.1, -0.05) is 43.0 Å². The van der Waals surface area contributed by atoms with E-state index < -0.39 is 24.5 Å². The van der Waals surface area contributed by atoms with Gasteiger partial charge in [0.1, 0.15) is 0 Å². The number of benzene rings is 2. The molecule has 0 unspecified atom stereocenters. The maximum Gasteiger partial charge on any atom is 0.338 e. The molecule has 3 aromatic rings. The van der Waals surface area contributed by atoms with E-state index in [1.54, 1.807) is 35.2 Å². The van der Waals surface area contributed by atoms with Crippen LogP contribution in [0.1, 0.15) is 29.3 Å². The number of ether oxygens (including phenoxy) is 1. The van der Waals surface area contributed by atoms with Crippen LogP contribution < -0.4 is 10.6 Å². The Bertz CT molecular complexity index is 1000. The highest BCUT2D eigenvalue weighted by Crippen LogP contribution is 2.31. The molecular formula is C21H21N3O4S2. The number of amides is 3. The van der Waals surface area contributed by atoms with E-state index in [2.05, 4.69) is 21.7 Å². The maximum atomic E-state index is 12.1. The zero-order chi connectivity index (χ0) is 21.3. The topological polar surface area (TPSA) is 97.4 Å². The number of thiazole rings is 1. The van der Waals surface area contributed by atoms with Crippen molar-refractivity contribution in [3.63, 3.8) is 0 Å². The Morgan fingerprint density at radius 1 is 1.10 bits per heavy atom. The molecule has 0 bridgehead atoms. The molecule has 0 aliphatic rings. The van der Waals surface area contributed by atoms with E-state index in [1.165, 1.54) is 0 Å². The van der Waals surface area contributed by atoms with Gasteiger partial charge in [-0.05, 0) is 36.2 Å². The van der Waals surface area contributed by atoms with Crippen LogP contribution in [0.4, 0.5) is 4.79 Å². The molecule has 2 aromatic carbocycles. The van der Waals surface area contributed by atoms with Gasteiger partial charge in [-0.25, -0.2) is 14.6 Å². The van der Waals surface area contributed by atoms with Crippen LogP contribution in [0.15, 0.2) is 52.9 Å². The van der Waals surface area contributed by atoms with E-state index in [0.29, 0.717) is 12.1 Å². The van der Waals surface area contributed by atoms with Gasteiger partial charge in [-0.2, -0.15) is 0 Å². The van der Waals surface area contributed by atoms with Crippen molar-refractivity contribution >= 4 is 51.2 Å². The first kappa shape index (κ1) is 21.8. The summed E-state index contributed by atoms with van der Waals surface area (Å²) in [7, 11) is 0. The van der Waals surface area contributed by atoms with Crippen LogP contribution in [0.3, 0.4) is 0 Å². The number of para-hydroxylation sites is 1. The minimum Gasteiger partial charge on any atom is -0.452 e. The average molecular weight is 444 g/mol. The molecule has 30 heavy (non-hydrogen) atoms. The molecule has 156 valence electrons. The van der Waals surface area contributed by atoms with Crippen LogP contribution in [0.2, 0.25) is 0 Å². The van der Waals surface area contributed by atoms with E-state index in [0.717, 1.165) is 32.3 Å². The Labute approximate surface area is 182 Å². The van der Waals surface area contributed by atoms with Crippen LogP contribution in [-0.4, -0.2) is 36.0 Å². The molecule has 2 N–H and O–H groups in total. The maximum absolute atomic E-state index is 12.1. The zero-order valence-corrected chi connectivity index (χ0v) is 18.0. The zero-order valence-electron chi connectivity index (χ0n) is 16.3. The summed E-state index contributed by atoms with van der Waals surface area (Å²) in [6.45, 7) is 1.84. The van der Waals surface area contributed by atoms with Gasteiger partial charge in [0, 0.05) is 12.3 Å². The smallest absolute Gasteiger partial charge is 0.338 e. The fourth-order valence-electron chi connectivity index (χ4n) is 2.45. The van der Waals surface area contributed by atoms with E-state index in [9.17, 15) is 14.4 Å². The number of nitrogens with zero attached hydrogens (tertiary/aromatic N) is 1. The first-order chi connectivity index (χ1) is 14.5. The summed E-state index contributed by atoms with van der Waals surface area (Å²) in [4.78, 5) is 39.7. The summed E-state index contributed by atoms with van der Waals surface area (Å²) in [5.74, 6) is -0.574. The largest absolute Gasteiger partial charge is 0.452 e. The van der Waals surface area contributed by atoms with Gasteiger partial charge in [0.2, 0.25) is 0 Å². The van der Waals surface area contributed by atoms with Crippen LogP contribution in [0.25, 0.3) is 10.2 Å². The molecule has 1 aromatic heterocycles. The molecule has 0 fully saturated rings. The van der Waals surface area contributed by atoms with Gasteiger partial charge >= 0.3 is 12.0 Å². The van der Waals surface area contributed by atoms with Crippen molar-refractivity contribution in [2.24, 2.45) is 0 Å². The van der Waals surface area contributed by atoms with Crippen LogP contribution >= 0.6 is 23.1 Å². The normalized spacial score (nSPS) is 10.6. The molecule has 7 nitrogen and oxygen atoms in total. The van der Waals surface area contributed by atoms with Crippen molar-refractivity contribution in [3.8, 4) is 0 Å². The number of carbonyl (C=O) groups is 3. The minimum absolute atomic E-state index is 0.340. The molecule has 1 heterocycles. The Hall–Kier alpha value is -2.91. The average Bonchev–Trinajstić information content (AvgIpc) is 3.18. The first-order valence-electron chi connectivity index (χ1n) is 9.37. The number of thioether (sulfide) groups is 1. The van der Waals surface area contributed by atoms with Gasteiger partial charge in [0.15, 0.2) is 10.9 Å². The third-order valence-corrected chi connectivity index (χ3v) is 6.20. The Balaban J connectivity index is 1.45. The summed E-state index contributed by atoms with van der Waals surface area (Å²) < 4.78 is 7.11. The van der Waals surface area contributed by atoms with Crippen molar-refractivity contribution < 1.29 is 19.1 Å². The van der Waals surface area contributed by atoms with Gasteiger partial charge in [0.25, 0.3) is 5.91 Å². The quantitative estimate of drug-likeness (QED) is 0.404. The second-order valence-corrected chi connectivity index (χ2v) is 8.57. The molecule has 0 saturated heterocycles. The molecule has 0 aliphatic carbocycles. The Morgan fingerprint density at radius 2 is 1.87 bits per heavy atom. The molecule has 9 heteroatoms. The Kier molecular flexibility index (Phi) is 7.81. The highest BCUT2D eigenvalue weighted by Gasteiger charge is 2.12. The molecule has 0 radical (unpaired) electrons. The third kappa shape index (κ3) is 6.30. The monoisotopic (exact) mass is 443 g/mol. The lowest BCUT2D eigenvalue weighted by molar-refractivity contribution is -0.123. The van der Waals surface area contributed by atoms with E-state index in [4.69, 9.17) is 4.74 Å². The fraction of sp³-hybridized carbons (Fsp3) is 0.238. The number of hydrogen-bond donors (Lipinski definition) is 2. The molecular weight excluding hydrogens is 422 g/mol. The van der Waals surface area contributed by atoms with Crippen LogP contribution in [-0.2, 0) is 15.3 Å². The summed E-state index contributed by atoms with van der Waals surface area (Å²) in [5.41, 5.74) is 2.38. The summed E-state index contributed by atoms with van der Waals surface area (Å²) in [6.07, 6.45) is 0.756. The number of nitrogens with one attached hydrogen (secondary N) is 2. The number of esters is 1. The van der Waals surface area contributed by atoms with Crippen molar-refractivity contribution in [1.29, 1.82) is 0 Å². The van der Waals surface area contributed by atoms with Gasteiger partial charge in [0.05, 0.1) is 15.8 Å². The predicted octanol–water partition coefficient (Wildman–Crippen LogP) is 3.98. The predicted molar refractivity (Wildman–Crippen MR) is 118 cm³/mol. The molecule has 3 amide bonds. The number of imide groups is 1. The van der Waals surface area contributed by atoms with E-state index >= 15 is 0 Å². The summed E-state index contributed by atoms with van der Waals surface area (Å²) in [5, 5.41) is 4.60. The van der Waals surface area contributed by atoms with Crippen molar-refractivity contribution in [2.45, 2.75) is 23.4 Å². The lowest BCUT2D eigenvalue weighted by Gasteiger charge is -2.07. The lowest BCUT2D eigenvalue weighted by atomic mass is 10.1. The van der Waals surface area contributed by atoms with Crippen LogP contribution in [0, 0.1) is 0 Å². The first-order valence-corrected chi connectivity index (χ1v) is 11.2. The van der Waals surface area contributed by atoms with E-state index in [1.807, 2.05) is 37.3 Å². The number of hydrogen-bond acceptors (Lipinski definition) is 7. The minimum atomic E-state index is -0.680. The molecule has 0 atom stereocenters. The summed E-state index contributed by atoms with van der Waals surface area (Å²) >= 11 is 3.29. The molecule has 0 aliphatic heterocycles. The third-order valence-electron chi connectivity index (χ3n) is 3.95. The second kappa shape index (κ2) is 10.7. The standard InChI is InChI=1S/C21H21N3O4S2/c1-2-11-22-20(27)24-18(25)12-28-19(26)15-9-7-14(8-10-15)13-29-21-23-16-5-3-4-6-17(16)30-21/h3-10H,2,11-13H2,1H3,(H2,22,24,25,27). The number of fused-ring (bicyclic) bond motifs is 1. The molecule has 0 spiro atoms. The molecule has 0 saturated carbocycles. The molecule has 3 rings (SSSR count). The highest BCUT2D eigenvalue weighted by molar-refractivity contribution is 8.00. The summed E-state index contributed by atoms with van der Waals surface area (Å²) in [6, 6.07) is 14.4.